The first-order chi connectivity index (χ1) is 8.45. The molecule has 2 saturated carbocycles. The van der Waals surface area contributed by atoms with Gasteiger partial charge in [0.05, 0.1) is 11.9 Å². The van der Waals surface area contributed by atoms with Crippen molar-refractivity contribution >= 4 is 0 Å². The molecule has 1 N–H and O–H groups in total. The summed E-state index contributed by atoms with van der Waals surface area (Å²) in [4.78, 5) is 0. The Morgan fingerprint density at radius 2 is 2.22 bits per heavy atom. The molecule has 0 amide bonds. The average molecular weight is 248 g/mol. The standard InChI is InChI=1S/C14H24N4/c1-13(2)10-5-6-14(13,3)12(7-10)15-8-11-9-16-17-18(11)4/h9-10,12,15H,5-8H2,1-4H3. The fourth-order valence-electron chi connectivity index (χ4n) is 4.21. The zero-order chi connectivity index (χ0) is 13.0. The van der Waals surface area contributed by atoms with E-state index in [0.717, 1.165) is 12.5 Å². The quantitative estimate of drug-likeness (QED) is 0.891. The Kier molecular flexibility index (Phi) is 2.56. The number of hydrogen-bond acceptors (Lipinski definition) is 3. The normalized spacial score (nSPS) is 37.3. The molecule has 2 fully saturated rings. The molecule has 2 bridgehead atoms. The molecule has 0 aliphatic heterocycles. The predicted molar refractivity (Wildman–Crippen MR) is 70.9 cm³/mol. The van der Waals surface area contributed by atoms with Crippen LogP contribution in [0.15, 0.2) is 6.20 Å². The van der Waals surface area contributed by atoms with Gasteiger partial charge in [-0.15, -0.1) is 5.10 Å². The molecule has 0 radical (unpaired) electrons. The molecule has 1 aromatic heterocycles. The van der Waals surface area contributed by atoms with E-state index < -0.39 is 0 Å². The molecule has 0 aromatic carbocycles. The van der Waals surface area contributed by atoms with Gasteiger partial charge in [0.25, 0.3) is 0 Å². The summed E-state index contributed by atoms with van der Waals surface area (Å²) in [5, 5.41) is 11.7. The Labute approximate surface area is 109 Å². The second-order valence-corrected chi connectivity index (χ2v) is 6.89. The summed E-state index contributed by atoms with van der Waals surface area (Å²) in [5.41, 5.74) is 2.10. The van der Waals surface area contributed by atoms with Crippen molar-refractivity contribution in [1.82, 2.24) is 20.3 Å². The summed E-state index contributed by atoms with van der Waals surface area (Å²) in [5.74, 6) is 0.893. The molecule has 0 spiro atoms. The minimum atomic E-state index is 0.448. The molecule has 0 saturated heterocycles. The summed E-state index contributed by atoms with van der Waals surface area (Å²) in [7, 11) is 1.95. The van der Waals surface area contributed by atoms with E-state index in [-0.39, 0.29) is 0 Å². The van der Waals surface area contributed by atoms with Crippen LogP contribution in [-0.2, 0) is 13.6 Å². The van der Waals surface area contributed by atoms with Crippen molar-refractivity contribution in [2.75, 3.05) is 0 Å². The van der Waals surface area contributed by atoms with Crippen molar-refractivity contribution in [3.63, 3.8) is 0 Å². The Bertz CT molecular complexity index is 450. The number of rotatable bonds is 3. The Morgan fingerprint density at radius 1 is 1.44 bits per heavy atom. The Balaban J connectivity index is 1.71. The molecule has 2 aliphatic rings. The number of fused-ring (bicyclic) bond motifs is 2. The van der Waals surface area contributed by atoms with Gasteiger partial charge in [-0.05, 0) is 36.0 Å². The maximum Gasteiger partial charge on any atom is 0.0738 e. The molecule has 100 valence electrons. The lowest BCUT2D eigenvalue weighted by Crippen LogP contribution is -2.44. The zero-order valence-electron chi connectivity index (χ0n) is 11.9. The Morgan fingerprint density at radius 3 is 2.72 bits per heavy atom. The number of nitrogens with zero attached hydrogens (tertiary/aromatic N) is 3. The maximum absolute atomic E-state index is 3.98. The number of aromatic nitrogens is 3. The lowest BCUT2D eigenvalue weighted by molar-refractivity contribution is 0.120. The van der Waals surface area contributed by atoms with E-state index in [1.54, 1.807) is 0 Å². The summed E-state index contributed by atoms with van der Waals surface area (Å²) in [6.45, 7) is 8.27. The van der Waals surface area contributed by atoms with Crippen LogP contribution in [0.2, 0.25) is 0 Å². The van der Waals surface area contributed by atoms with Gasteiger partial charge in [0.2, 0.25) is 0 Å². The predicted octanol–water partition coefficient (Wildman–Crippen LogP) is 2.12. The molecule has 1 heterocycles. The van der Waals surface area contributed by atoms with E-state index >= 15 is 0 Å². The first-order valence-corrected chi connectivity index (χ1v) is 7.02. The summed E-state index contributed by atoms with van der Waals surface area (Å²) in [6.07, 6.45) is 5.96. The van der Waals surface area contributed by atoms with Crippen LogP contribution >= 0.6 is 0 Å². The van der Waals surface area contributed by atoms with Crippen LogP contribution < -0.4 is 5.32 Å². The molecular weight excluding hydrogens is 224 g/mol. The number of hydrogen-bond donors (Lipinski definition) is 1. The minimum absolute atomic E-state index is 0.448. The second kappa shape index (κ2) is 3.80. The fraction of sp³-hybridized carbons (Fsp3) is 0.857. The molecule has 4 nitrogen and oxygen atoms in total. The van der Waals surface area contributed by atoms with E-state index in [1.165, 1.54) is 25.0 Å². The molecular formula is C14H24N4. The summed E-state index contributed by atoms with van der Waals surface area (Å²) < 4.78 is 1.85. The van der Waals surface area contributed by atoms with Crippen LogP contribution in [0.3, 0.4) is 0 Å². The van der Waals surface area contributed by atoms with Crippen LogP contribution in [0.5, 0.6) is 0 Å². The molecule has 3 atom stereocenters. The van der Waals surface area contributed by atoms with Gasteiger partial charge < -0.3 is 5.32 Å². The van der Waals surface area contributed by atoms with Crippen LogP contribution in [0.1, 0.15) is 45.7 Å². The van der Waals surface area contributed by atoms with Crippen molar-refractivity contribution in [1.29, 1.82) is 0 Å². The highest BCUT2D eigenvalue weighted by Crippen LogP contribution is 2.65. The van der Waals surface area contributed by atoms with Gasteiger partial charge in [-0.2, -0.15) is 0 Å². The molecule has 2 aliphatic carbocycles. The van der Waals surface area contributed by atoms with Crippen molar-refractivity contribution in [3.05, 3.63) is 11.9 Å². The van der Waals surface area contributed by atoms with Crippen molar-refractivity contribution in [2.45, 2.75) is 52.6 Å². The molecule has 4 heteroatoms. The fourth-order valence-corrected chi connectivity index (χ4v) is 4.21. The molecule has 3 unspecified atom stereocenters. The minimum Gasteiger partial charge on any atom is -0.308 e. The van der Waals surface area contributed by atoms with Crippen LogP contribution in [0.4, 0.5) is 0 Å². The number of nitrogens with one attached hydrogen (secondary N) is 1. The van der Waals surface area contributed by atoms with Gasteiger partial charge in [-0.1, -0.05) is 26.0 Å². The monoisotopic (exact) mass is 248 g/mol. The summed E-state index contributed by atoms with van der Waals surface area (Å²) in [6, 6.07) is 0.640. The van der Waals surface area contributed by atoms with Crippen LogP contribution in [0, 0.1) is 16.7 Å². The van der Waals surface area contributed by atoms with Gasteiger partial charge in [-0.25, -0.2) is 0 Å². The van der Waals surface area contributed by atoms with Gasteiger partial charge in [0.15, 0.2) is 0 Å². The van der Waals surface area contributed by atoms with Crippen molar-refractivity contribution in [2.24, 2.45) is 23.8 Å². The zero-order valence-corrected chi connectivity index (χ0v) is 11.9. The van der Waals surface area contributed by atoms with Gasteiger partial charge in [-0.3, -0.25) is 4.68 Å². The van der Waals surface area contributed by atoms with E-state index in [9.17, 15) is 0 Å². The van der Waals surface area contributed by atoms with E-state index in [2.05, 4.69) is 36.4 Å². The lowest BCUT2D eigenvalue weighted by Gasteiger charge is -2.39. The SMILES string of the molecule is Cn1nncc1CNC1CC2CCC1(C)C2(C)C. The number of aryl methyl sites for hydroxylation is 1. The lowest BCUT2D eigenvalue weighted by atomic mass is 9.69. The average Bonchev–Trinajstić information content (AvgIpc) is 2.87. The topological polar surface area (TPSA) is 42.7 Å². The summed E-state index contributed by atoms with van der Waals surface area (Å²) >= 11 is 0. The largest absolute Gasteiger partial charge is 0.308 e. The van der Waals surface area contributed by atoms with E-state index in [0.29, 0.717) is 16.9 Å². The van der Waals surface area contributed by atoms with Crippen LogP contribution in [0.25, 0.3) is 0 Å². The van der Waals surface area contributed by atoms with Gasteiger partial charge >= 0.3 is 0 Å². The van der Waals surface area contributed by atoms with E-state index in [4.69, 9.17) is 0 Å². The first-order valence-electron chi connectivity index (χ1n) is 7.02. The van der Waals surface area contributed by atoms with Crippen LogP contribution in [-0.4, -0.2) is 21.0 Å². The third-order valence-corrected chi connectivity index (χ3v) is 6.13. The molecule has 18 heavy (non-hydrogen) atoms. The smallest absolute Gasteiger partial charge is 0.0738 e. The highest BCUT2D eigenvalue weighted by atomic mass is 15.4. The second-order valence-electron chi connectivity index (χ2n) is 6.89. The third-order valence-electron chi connectivity index (χ3n) is 6.13. The highest BCUT2D eigenvalue weighted by Gasteiger charge is 2.60. The Hall–Kier alpha value is -0.900. The maximum atomic E-state index is 3.98. The van der Waals surface area contributed by atoms with E-state index in [1.807, 2.05) is 17.9 Å². The highest BCUT2D eigenvalue weighted by molar-refractivity contribution is 5.13. The molecule has 3 rings (SSSR count). The van der Waals surface area contributed by atoms with Gasteiger partial charge in [0.1, 0.15) is 0 Å². The molecule has 1 aromatic rings. The van der Waals surface area contributed by atoms with Crippen molar-refractivity contribution < 1.29 is 0 Å². The third kappa shape index (κ3) is 1.48. The first kappa shape index (κ1) is 12.2. The van der Waals surface area contributed by atoms with Crippen molar-refractivity contribution in [3.8, 4) is 0 Å². The van der Waals surface area contributed by atoms with Gasteiger partial charge in [0, 0.05) is 19.6 Å².